The first kappa shape index (κ1) is 12.5. The maximum atomic E-state index is 10.3. The van der Waals surface area contributed by atoms with Crippen LogP contribution in [-0.4, -0.2) is 28.8 Å². The Kier molecular flexibility index (Phi) is 3.61. The highest BCUT2D eigenvalue weighted by Gasteiger charge is 2.30. The summed E-state index contributed by atoms with van der Waals surface area (Å²) in [6, 6.07) is 8.49. The molecule has 0 saturated carbocycles. The van der Waals surface area contributed by atoms with Crippen LogP contribution in [-0.2, 0) is 6.54 Å². The van der Waals surface area contributed by atoms with E-state index in [2.05, 4.69) is 35.0 Å². The summed E-state index contributed by atoms with van der Waals surface area (Å²) in [6.07, 6.45) is 0.912. The third-order valence-corrected chi connectivity index (χ3v) is 5.66. The summed E-state index contributed by atoms with van der Waals surface area (Å²) in [4.78, 5) is 0. The average molecular weight is 279 g/mol. The number of hydrogen-bond acceptors (Lipinski definition) is 4. The predicted octanol–water partition coefficient (Wildman–Crippen LogP) is 2.86. The Labute approximate surface area is 115 Å². The van der Waals surface area contributed by atoms with Crippen molar-refractivity contribution in [3.05, 3.63) is 35.2 Å². The Bertz CT molecular complexity index is 531. The van der Waals surface area contributed by atoms with Gasteiger partial charge in [0.15, 0.2) is 0 Å². The van der Waals surface area contributed by atoms with Crippen LogP contribution in [0.15, 0.2) is 29.6 Å². The van der Waals surface area contributed by atoms with Gasteiger partial charge >= 0.3 is 0 Å². The van der Waals surface area contributed by atoms with Gasteiger partial charge in [-0.15, -0.1) is 11.3 Å². The lowest BCUT2D eigenvalue weighted by molar-refractivity contribution is 0.0675. The molecule has 0 aliphatic carbocycles. The SMILES string of the molecule is OC1(CNCc2csc3ccccc23)CCSC1. The molecule has 4 heteroatoms. The monoisotopic (exact) mass is 279 g/mol. The third-order valence-electron chi connectivity index (χ3n) is 3.41. The molecule has 2 heterocycles. The summed E-state index contributed by atoms with van der Waals surface area (Å²) in [6.45, 7) is 1.54. The second-order valence-corrected chi connectivity index (χ2v) is 6.90. The third kappa shape index (κ3) is 2.57. The van der Waals surface area contributed by atoms with Gasteiger partial charge in [0.05, 0.1) is 5.60 Å². The molecule has 0 amide bonds. The van der Waals surface area contributed by atoms with Crippen LogP contribution in [0.4, 0.5) is 0 Å². The molecule has 1 saturated heterocycles. The second-order valence-electron chi connectivity index (χ2n) is 4.89. The Morgan fingerprint density at radius 1 is 1.33 bits per heavy atom. The van der Waals surface area contributed by atoms with Gasteiger partial charge in [0.25, 0.3) is 0 Å². The van der Waals surface area contributed by atoms with Gasteiger partial charge in [-0.25, -0.2) is 0 Å². The van der Waals surface area contributed by atoms with Crippen molar-refractivity contribution >= 4 is 33.2 Å². The van der Waals surface area contributed by atoms with Crippen LogP contribution in [0.3, 0.4) is 0 Å². The standard InChI is InChI=1S/C14H17NOS2/c16-14(5-6-17-10-14)9-15-7-11-8-18-13-4-2-1-3-12(11)13/h1-4,8,15-16H,5-7,9-10H2. The molecular weight excluding hydrogens is 262 g/mol. The van der Waals surface area contributed by atoms with E-state index in [1.807, 2.05) is 11.8 Å². The van der Waals surface area contributed by atoms with E-state index in [4.69, 9.17) is 0 Å². The van der Waals surface area contributed by atoms with E-state index in [1.165, 1.54) is 15.6 Å². The van der Waals surface area contributed by atoms with Crippen LogP contribution in [0, 0.1) is 0 Å². The van der Waals surface area contributed by atoms with E-state index in [1.54, 1.807) is 11.3 Å². The number of thioether (sulfide) groups is 1. The van der Waals surface area contributed by atoms with Gasteiger partial charge in [0.2, 0.25) is 0 Å². The fraction of sp³-hybridized carbons (Fsp3) is 0.429. The minimum atomic E-state index is -0.490. The van der Waals surface area contributed by atoms with Crippen molar-refractivity contribution in [1.29, 1.82) is 0 Å². The first-order chi connectivity index (χ1) is 8.77. The first-order valence-corrected chi connectivity index (χ1v) is 8.26. The normalized spacial score (nSPS) is 23.8. The molecular formula is C14H17NOS2. The zero-order valence-corrected chi connectivity index (χ0v) is 11.8. The van der Waals surface area contributed by atoms with Gasteiger partial charge in [0.1, 0.15) is 0 Å². The van der Waals surface area contributed by atoms with Crippen molar-refractivity contribution in [2.45, 2.75) is 18.6 Å². The molecule has 96 valence electrons. The van der Waals surface area contributed by atoms with Gasteiger partial charge in [-0.3, -0.25) is 0 Å². The molecule has 1 fully saturated rings. The molecule has 0 bridgehead atoms. The van der Waals surface area contributed by atoms with Crippen molar-refractivity contribution in [3.63, 3.8) is 0 Å². The van der Waals surface area contributed by atoms with Crippen LogP contribution in [0.5, 0.6) is 0 Å². The molecule has 1 atom stereocenters. The van der Waals surface area contributed by atoms with E-state index < -0.39 is 5.60 Å². The smallest absolute Gasteiger partial charge is 0.0869 e. The zero-order chi connectivity index (χ0) is 12.4. The van der Waals surface area contributed by atoms with E-state index in [9.17, 15) is 5.11 Å². The summed E-state index contributed by atoms with van der Waals surface area (Å²) in [5.74, 6) is 1.95. The van der Waals surface area contributed by atoms with E-state index in [0.29, 0.717) is 6.54 Å². The minimum absolute atomic E-state index is 0.490. The van der Waals surface area contributed by atoms with Crippen LogP contribution in [0.25, 0.3) is 10.1 Å². The Morgan fingerprint density at radius 3 is 3.06 bits per heavy atom. The van der Waals surface area contributed by atoms with Gasteiger partial charge in [-0.05, 0) is 34.6 Å². The van der Waals surface area contributed by atoms with Crippen molar-refractivity contribution < 1.29 is 5.11 Å². The molecule has 0 spiro atoms. The van der Waals surface area contributed by atoms with E-state index in [-0.39, 0.29) is 0 Å². The number of aliphatic hydroxyl groups is 1. The highest BCUT2D eigenvalue weighted by Crippen LogP contribution is 2.28. The minimum Gasteiger partial charge on any atom is -0.388 e. The van der Waals surface area contributed by atoms with Crippen molar-refractivity contribution in [1.82, 2.24) is 5.32 Å². The van der Waals surface area contributed by atoms with Gasteiger partial charge in [-0.1, -0.05) is 18.2 Å². The fourth-order valence-electron chi connectivity index (χ4n) is 2.34. The molecule has 2 nitrogen and oxygen atoms in total. The quantitative estimate of drug-likeness (QED) is 0.902. The summed E-state index contributed by atoms with van der Waals surface area (Å²) < 4.78 is 1.34. The number of rotatable bonds is 4. The Hall–Kier alpha value is -0.550. The fourth-order valence-corrected chi connectivity index (χ4v) is 4.59. The van der Waals surface area contributed by atoms with E-state index >= 15 is 0 Å². The number of benzene rings is 1. The van der Waals surface area contributed by atoms with Crippen molar-refractivity contribution in [3.8, 4) is 0 Å². The summed E-state index contributed by atoms with van der Waals surface area (Å²) in [5, 5.41) is 17.2. The summed E-state index contributed by atoms with van der Waals surface area (Å²) in [5.41, 5.74) is 0.848. The van der Waals surface area contributed by atoms with Crippen LogP contribution >= 0.6 is 23.1 Å². The van der Waals surface area contributed by atoms with Crippen molar-refractivity contribution in [2.75, 3.05) is 18.1 Å². The second kappa shape index (κ2) is 5.21. The Balaban J connectivity index is 1.63. The highest BCUT2D eigenvalue weighted by atomic mass is 32.2. The highest BCUT2D eigenvalue weighted by molar-refractivity contribution is 7.99. The number of fused-ring (bicyclic) bond motifs is 1. The zero-order valence-electron chi connectivity index (χ0n) is 10.2. The average Bonchev–Trinajstić information content (AvgIpc) is 2.97. The van der Waals surface area contributed by atoms with Crippen LogP contribution in [0.1, 0.15) is 12.0 Å². The van der Waals surface area contributed by atoms with Crippen LogP contribution in [0.2, 0.25) is 0 Å². The molecule has 2 N–H and O–H groups in total. The Morgan fingerprint density at radius 2 is 2.22 bits per heavy atom. The molecule has 1 aliphatic rings. The van der Waals surface area contributed by atoms with Gasteiger partial charge < -0.3 is 10.4 Å². The lowest BCUT2D eigenvalue weighted by atomic mass is 10.0. The largest absolute Gasteiger partial charge is 0.388 e. The molecule has 1 unspecified atom stereocenters. The maximum absolute atomic E-state index is 10.3. The first-order valence-electron chi connectivity index (χ1n) is 6.23. The summed E-state index contributed by atoms with van der Waals surface area (Å²) in [7, 11) is 0. The number of nitrogens with one attached hydrogen (secondary N) is 1. The number of thiophene rings is 1. The molecule has 18 heavy (non-hydrogen) atoms. The van der Waals surface area contributed by atoms with Gasteiger partial charge in [-0.2, -0.15) is 11.8 Å². The lowest BCUT2D eigenvalue weighted by Crippen LogP contribution is -2.40. The predicted molar refractivity (Wildman–Crippen MR) is 80.4 cm³/mol. The number of hydrogen-bond donors (Lipinski definition) is 2. The molecule has 1 aromatic heterocycles. The van der Waals surface area contributed by atoms with E-state index in [0.717, 1.165) is 24.5 Å². The molecule has 0 radical (unpaired) electrons. The van der Waals surface area contributed by atoms with Crippen LogP contribution < -0.4 is 5.32 Å². The maximum Gasteiger partial charge on any atom is 0.0869 e. The lowest BCUT2D eigenvalue weighted by Gasteiger charge is -2.21. The van der Waals surface area contributed by atoms with Crippen molar-refractivity contribution in [2.24, 2.45) is 0 Å². The molecule has 1 aliphatic heterocycles. The molecule has 3 rings (SSSR count). The molecule has 2 aromatic rings. The molecule has 1 aromatic carbocycles. The topological polar surface area (TPSA) is 32.3 Å². The summed E-state index contributed by atoms with van der Waals surface area (Å²) >= 11 is 3.63. The van der Waals surface area contributed by atoms with Gasteiger partial charge in [0, 0.05) is 23.5 Å².